The Bertz CT molecular complexity index is 616. The Labute approximate surface area is 134 Å². The Balaban J connectivity index is 2.03. The van der Waals surface area contributed by atoms with Crippen molar-refractivity contribution in [2.45, 2.75) is 57.7 Å². The maximum Gasteiger partial charge on any atom is 0.496 e. The van der Waals surface area contributed by atoms with E-state index in [0.717, 1.165) is 9.94 Å². The van der Waals surface area contributed by atoms with E-state index in [1.807, 2.05) is 33.8 Å². The first-order chi connectivity index (χ1) is 9.75. The van der Waals surface area contributed by atoms with Crippen LogP contribution in [0.2, 0.25) is 0 Å². The molecule has 2 aliphatic rings. The Morgan fingerprint density at radius 2 is 1.76 bits per heavy atom. The minimum absolute atomic E-state index is 0.392. The molecule has 0 atom stereocenters. The van der Waals surface area contributed by atoms with Gasteiger partial charge < -0.3 is 9.31 Å². The molecule has 1 saturated heterocycles. The molecule has 2 fully saturated rings. The minimum atomic E-state index is -0.477. The third-order valence-electron chi connectivity index (χ3n) is 4.81. The molecule has 3 rings (SSSR count). The van der Waals surface area contributed by atoms with Crippen LogP contribution in [0, 0.1) is 11.3 Å². The van der Waals surface area contributed by atoms with Crippen LogP contribution in [0.15, 0.2) is 16.6 Å². The standard InChI is InChI=1S/C16H19BBrNO2/c1-15(2)16(3,4)21-17(20-15)13-8-12(10-5-6-10)14(18)7-11(13)9-19/h7-8,10H,5-6H2,1-4H3. The van der Waals surface area contributed by atoms with Gasteiger partial charge >= 0.3 is 7.12 Å². The van der Waals surface area contributed by atoms with Gasteiger partial charge in [0.25, 0.3) is 0 Å². The van der Waals surface area contributed by atoms with E-state index in [4.69, 9.17) is 9.31 Å². The van der Waals surface area contributed by atoms with Crippen LogP contribution < -0.4 is 5.46 Å². The van der Waals surface area contributed by atoms with Gasteiger partial charge in [0.2, 0.25) is 0 Å². The van der Waals surface area contributed by atoms with E-state index in [0.29, 0.717) is 11.5 Å². The van der Waals surface area contributed by atoms with Gasteiger partial charge in [-0.05, 0) is 58.1 Å². The summed E-state index contributed by atoms with van der Waals surface area (Å²) in [5, 5.41) is 9.43. The van der Waals surface area contributed by atoms with Gasteiger partial charge in [-0.25, -0.2) is 0 Å². The fraction of sp³-hybridized carbons (Fsp3) is 0.562. The quantitative estimate of drug-likeness (QED) is 0.769. The summed E-state index contributed by atoms with van der Waals surface area (Å²) in [4.78, 5) is 0. The largest absolute Gasteiger partial charge is 0.496 e. The molecular weight excluding hydrogens is 329 g/mol. The van der Waals surface area contributed by atoms with Gasteiger partial charge in [-0.3, -0.25) is 0 Å². The molecular formula is C16H19BBrNO2. The molecule has 0 amide bonds. The van der Waals surface area contributed by atoms with Crippen molar-refractivity contribution >= 4 is 28.5 Å². The summed E-state index contributed by atoms with van der Waals surface area (Å²) < 4.78 is 13.2. The molecule has 1 aliphatic carbocycles. The second-order valence-electron chi connectivity index (χ2n) is 6.94. The van der Waals surface area contributed by atoms with E-state index in [1.54, 1.807) is 0 Å². The zero-order valence-electron chi connectivity index (χ0n) is 12.9. The highest BCUT2D eigenvalue weighted by Gasteiger charge is 2.52. The van der Waals surface area contributed by atoms with Crippen LogP contribution >= 0.6 is 15.9 Å². The lowest BCUT2D eigenvalue weighted by molar-refractivity contribution is 0.00578. The molecule has 1 aromatic carbocycles. The molecule has 0 bridgehead atoms. The SMILES string of the molecule is CC1(C)OB(c2cc(C3CC3)c(Br)cc2C#N)OC1(C)C. The Hall–Kier alpha value is -0.825. The average Bonchev–Trinajstić information content (AvgIpc) is 3.17. The van der Waals surface area contributed by atoms with Crippen LogP contribution in [0.5, 0.6) is 0 Å². The van der Waals surface area contributed by atoms with Gasteiger partial charge in [0.05, 0.1) is 22.8 Å². The van der Waals surface area contributed by atoms with E-state index in [2.05, 4.69) is 28.1 Å². The molecule has 0 radical (unpaired) electrons. The van der Waals surface area contributed by atoms with Crippen LogP contribution in [-0.2, 0) is 9.31 Å². The first-order valence-electron chi connectivity index (χ1n) is 7.34. The maximum atomic E-state index is 9.43. The zero-order valence-corrected chi connectivity index (χ0v) is 14.5. The van der Waals surface area contributed by atoms with Crippen molar-refractivity contribution in [3.8, 4) is 6.07 Å². The Kier molecular flexibility index (Phi) is 3.48. The zero-order chi connectivity index (χ0) is 15.4. The lowest BCUT2D eigenvalue weighted by Crippen LogP contribution is -2.41. The van der Waals surface area contributed by atoms with Crippen LogP contribution in [0.4, 0.5) is 0 Å². The van der Waals surface area contributed by atoms with E-state index in [-0.39, 0.29) is 0 Å². The van der Waals surface area contributed by atoms with E-state index < -0.39 is 18.3 Å². The highest BCUT2D eigenvalue weighted by molar-refractivity contribution is 9.10. The maximum absolute atomic E-state index is 9.43. The molecule has 0 spiro atoms. The molecule has 110 valence electrons. The smallest absolute Gasteiger partial charge is 0.399 e. The second-order valence-corrected chi connectivity index (χ2v) is 7.79. The van der Waals surface area contributed by atoms with Gasteiger partial charge in [-0.15, -0.1) is 0 Å². The first-order valence-corrected chi connectivity index (χ1v) is 8.13. The van der Waals surface area contributed by atoms with Gasteiger partial charge in [-0.1, -0.05) is 22.0 Å². The molecule has 21 heavy (non-hydrogen) atoms. The van der Waals surface area contributed by atoms with Crippen molar-refractivity contribution in [2.24, 2.45) is 0 Å². The van der Waals surface area contributed by atoms with Gasteiger partial charge in [0.1, 0.15) is 0 Å². The van der Waals surface area contributed by atoms with E-state index in [9.17, 15) is 5.26 Å². The number of hydrogen-bond acceptors (Lipinski definition) is 3. The van der Waals surface area contributed by atoms with E-state index in [1.165, 1.54) is 18.4 Å². The molecule has 0 aromatic heterocycles. The molecule has 1 heterocycles. The Morgan fingerprint density at radius 3 is 2.24 bits per heavy atom. The summed E-state index contributed by atoms with van der Waals surface area (Å²) in [6, 6.07) is 6.25. The third kappa shape index (κ3) is 2.54. The molecule has 1 saturated carbocycles. The Morgan fingerprint density at radius 1 is 1.19 bits per heavy atom. The predicted octanol–water partition coefficient (Wildman–Crippen LogP) is 3.50. The van der Waals surface area contributed by atoms with Crippen LogP contribution in [0.1, 0.15) is 57.6 Å². The lowest BCUT2D eigenvalue weighted by atomic mass is 9.75. The van der Waals surface area contributed by atoms with Crippen molar-refractivity contribution in [1.29, 1.82) is 5.26 Å². The fourth-order valence-electron chi connectivity index (χ4n) is 2.58. The second kappa shape index (κ2) is 4.84. The monoisotopic (exact) mass is 347 g/mol. The number of rotatable bonds is 2. The van der Waals surface area contributed by atoms with Crippen molar-refractivity contribution in [2.75, 3.05) is 0 Å². The number of halogens is 1. The van der Waals surface area contributed by atoms with Gasteiger partial charge in [-0.2, -0.15) is 5.26 Å². The summed E-state index contributed by atoms with van der Waals surface area (Å²) in [5.74, 6) is 0.605. The van der Waals surface area contributed by atoms with E-state index >= 15 is 0 Å². The van der Waals surface area contributed by atoms with Crippen molar-refractivity contribution in [3.05, 3.63) is 27.7 Å². The summed E-state index contributed by atoms with van der Waals surface area (Å²) in [6.45, 7) is 8.11. The molecule has 0 unspecified atom stereocenters. The summed E-state index contributed by atoms with van der Waals surface area (Å²) in [6.07, 6.45) is 2.43. The predicted molar refractivity (Wildman–Crippen MR) is 86.5 cm³/mol. The lowest BCUT2D eigenvalue weighted by Gasteiger charge is -2.32. The number of nitriles is 1. The van der Waals surface area contributed by atoms with Crippen LogP contribution in [0.25, 0.3) is 0 Å². The van der Waals surface area contributed by atoms with Gasteiger partial charge in [0.15, 0.2) is 0 Å². The molecule has 3 nitrogen and oxygen atoms in total. The summed E-state index contributed by atoms with van der Waals surface area (Å²) in [7, 11) is -0.477. The molecule has 1 aliphatic heterocycles. The first kappa shape index (κ1) is 15.1. The topological polar surface area (TPSA) is 42.2 Å². The summed E-state index contributed by atoms with van der Waals surface area (Å²) >= 11 is 3.58. The minimum Gasteiger partial charge on any atom is -0.399 e. The average molecular weight is 348 g/mol. The third-order valence-corrected chi connectivity index (χ3v) is 5.50. The number of hydrogen-bond donors (Lipinski definition) is 0. The molecule has 5 heteroatoms. The van der Waals surface area contributed by atoms with Crippen molar-refractivity contribution < 1.29 is 9.31 Å². The highest BCUT2D eigenvalue weighted by atomic mass is 79.9. The van der Waals surface area contributed by atoms with Crippen LogP contribution in [-0.4, -0.2) is 18.3 Å². The number of benzene rings is 1. The fourth-order valence-corrected chi connectivity index (χ4v) is 3.24. The number of nitrogens with zero attached hydrogens (tertiary/aromatic N) is 1. The normalized spacial score (nSPS) is 23.1. The highest BCUT2D eigenvalue weighted by Crippen LogP contribution is 2.44. The molecule has 1 aromatic rings. The van der Waals surface area contributed by atoms with Crippen molar-refractivity contribution in [1.82, 2.24) is 0 Å². The van der Waals surface area contributed by atoms with Crippen LogP contribution in [0.3, 0.4) is 0 Å². The van der Waals surface area contributed by atoms with Gasteiger partial charge in [0, 0.05) is 9.94 Å². The van der Waals surface area contributed by atoms with Crippen molar-refractivity contribution in [3.63, 3.8) is 0 Å². The molecule has 0 N–H and O–H groups in total. The summed E-state index contributed by atoms with van der Waals surface area (Å²) in [5.41, 5.74) is 1.94.